The van der Waals surface area contributed by atoms with Gasteiger partial charge in [0.15, 0.2) is 37.7 Å². The van der Waals surface area contributed by atoms with Crippen molar-refractivity contribution < 1.29 is 153 Å². The van der Waals surface area contributed by atoms with E-state index in [0.717, 1.165) is 0 Å². The standard InChI is InChI=1S/C46H78O31/c1-12-24(54)16-4-15-17(5-47)66-43(31(61)27(15)57)75-38-21(9-51)70-45(33(63)29(38)59)77-40-23(11-53)71-46(34(64)30(40)60)76-39-22(10-52)69-44(32(62)28(39)58)74-37-20(8-50)68-42(14(3)26(37)56)73-36-19(7-49)67-41(13(2)25(36)55)72-35(12)18(6-48)65-16/h12-64H,4-11H2,1-3H3. The van der Waals surface area contributed by atoms with Crippen molar-refractivity contribution in [3.63, 3.8) is 0 Å². The highest BCUT2D eigenvalue weighted by Crippen LogP contribution is 2.42. The van der Waals surface area contributed by atoms with Crippen molar-refractivity contribution in [2.75, 3.05) is 46.2 Å². The number of aliphatic hydroxyl groups is 18. The van der Waals surface area contributed by atoms with E-state index in [-0.39, 0.29) is 6.42 Å². The summed E-state index contributed by atoms with van der Waals surface area (Å²) in [6.07, 6.45) is -52.8. The van der Waals surface area contributed by atoms with Gasteiger partial charge in [-0.2, -0.15) is 0 Å². The van der Waals surface area contributed by atoms with Gasteiger partial charge in [-0.3, -0.25) is 0 Å². The van der Waals surface area contributed by atoms with Crippen LogP contribution in [-0.2, 0) is 61.6 Å². The summed E-state index contributed by atoms with van der Waals surface area (Å²) < 4.78 is 77.2. The molecule has 0 saturated carbocycles. The first-order valence-corrected chi connectivity index (χ1v) is 25.9. The molecule has 21 aliphatic heterocycles. The summed E-state index contributed by atoms with van der Waals surface area (Å²) in [5.74, 6) is -4.17. The lowest BCUT2D eigenvalue weighted by Gasteiger charge is -2.51. The maximum absolute atomic E-state index is 11.7. The van der Waals surface area contributed by atoms with Crippen LogP contribution in [0.15, 0.2) is 0 Å². The Morgan fingerprint density at radius 3 is 0.844 bits per heavy atom. The van der Waals surface area contributed by atoms with Crippen LogP contribution in [0.3, 0.4) is 0 Å². The minimum absolute atomic E-state index is 0.312. The van der Waals surface area contributed by atoms with Gasteiger partial charge in [-0.1, -0.05) is 20.8 Å². The van der Waals surface area contributed by atoms with Gasteiger partial charge in [0.1, 0.15) is 110 Å². The van der Waals surface area contributed by atoms with E-state index in [2.05, 4.69) is 0 Å². The molecule has 21 rings (SSSR count). The first-order valence-electron chi connectivity index (χ1n) is 25.9. The largest absolute Gasteiger partial charge is 0.394 e. The first-order chi connectivity index (χ1) is 36.7. The summed E-state index contributed by atoms with van der Waals surface area (Å²) in [5.41, 5.74) is 0. The van der Waals surface area contributed by atoms with Crippen LogP contribution < -0.4 is 0 Å². The molecule has 31 nitrogen and oxygen atoms in total. The predicted octanol–water partition coefficient (Wildman–Crippen LogP) is -10.7. The van der Waals surface area contributed by atoms with Gasteiger partial charge >= 0.3 is 0 Å². The average molecular weight is 1130 g/mol. The summed E-state index contributed by atoms with van der Waals surface area (Å²) in [6.45, 7) is -1.53. The molecule has 21 saturated heterocycles. The van der Waals surface area contributed by atoms with Crippen LogP contribution in [0.25, 0.3) is 0 Å². The number of hydrogen-bond donors (Lipinski definition) is 18. The number of rotatable bonds is 7. The second-order valence-corrected chi connectivity index (χ2v) is 21.2. The van der Waals surface area contributed by atoms with Crippen molar-refractivity contribution >= 4 is 0 Å². The van der Waals surface area contributed by atoms with E-state index in [0.29, 0.717) is 0 Å². The molecule has 77 heavy (non-hydrogen) atoms. The third-order valence-electron chi connectivity index (χ3n) is 16.4. The van der Waals surface area contributed by atoms with Crippen molar-refractivity contribution in [2.24, 2.45) is 23.7 Å². The quantitative estimate of drug-likeness (QED) is 0.113. The van der Waals surface area contributed by atoms with Crippen molar-refractivity contribution in [1.29, 1.82) is 0 Å². The zero-order chi connectivity index (χ0) is 56.1. The lowest BCUT2D eigenvalue weighted by Crippen LogP contribution is -2.67. The molecule has 0 aromatic rings. The molecule has 35 unspecified atom stereocenters. The van der Waals surface area contributed by atoms with Gasteiger partial charge in [0.05, 0.1) is 89.0 Å². The normalized spacial score (nSPS) is 55.4. The van der Waals surface area contributed by atoms with Gasteiger partial charge in [-0.25, -0.2) is 0 Å². The zero-order valence-corrected chi connectivity index (χ0v) is 42.2. The topological polar surface area (TPSA) is 484 Å². The minimum Gasteiger partial charge on any atom is -0.394 e. The minimum atomic E-state index is -2.14. The molecule has 18 N–H and O–H groups in total. The molecule has 0 radical (unpaired) electrons. The van der Waals surface area contributed by atoms with Crippen molar-refractivity contribution in [3.8, 4) is 0 Å². The Labute approximate surface area is 440 Å². The highest BCUT2D eigenvalue weighted by Gasteiger charge is 2.58. The fourth-order valence-electron chi connectivity index (χ4n) is 11.6. The van der Waals surface area contributed by atoms with E-state index >= 15 is 0 Å². The molecule has 0 aromatic carbocycles. The molecule has 21 fully saturated rings. The number of ether oxygens (including phenoxy) is 13. The maximum Gasteiger partial charge on any atom is 0.187 e. The van der Waals surface area contributed by atoms with Gasteiger partial charge in [-0.05, 0) is 6.42 Å². The average Bonchev–Trinajstić information content (AvgIpc) is 3.47. The molecule has 448 valence electrons. The van der Waals surface area contributed by atoms with Gasteiger partial charge in [0, 0.05) is 23.7 Å². The molecule has 0 spiro atoms. The lowest BCUT2D eigenvalue weighted by atomic mass is 9.79. The smallest absolute Gasteiger partial charge is 0.187 e. The van der Waals surface area contributed by atoms with Crippen molar-refractivity contribution in [3.05, 3.63) is 0 Å². The van der Waals surface area contributed by atoms with Gasteiger partial charge in [0.2, 0.25) is 0 Å². The molecule has 0 aromatic heterocycles. The van der Waals surface area contributed by atoms with Crippen LogP contribution >= 0.6 is 0 Å². The van der Waals surface area contributed by atoms with Gasteiger partial charge in [0.25, 0.3) is 0 Å². The van der Waals surface area contributed by atoms with Crippen LogP contribution in [0.4, 0.5) is 0 Å². The second-order valence-electron chi connectivity index (χ2n) is 21.2. The zero-order valence-electron chi connectivity index (χ0n) is 42.2. The van der Waals surface area contributed by atoms with E-state index in [1.54, 1.807) is 6.92 Å². The predicted molar refractivity (Wildman–Crippen MR) is 241 cm³/mol. The molecular weight excluding hydrogens is 1050 g/mol. The lowest BCUT2D eigenvalue weighted by molar-refractivity contribution is -0.394. The van der Waals surface area contributed by atoms with Gasteiger partial charge < -0.3 is 153 Å². The SMILES string of the molecule is CC1C2OC(CO)C(OC3OC(CO)C(OC4OC(CO)C(OC5OC(CO)C(OC6OC(CO)C(OC7OC(CO)C(CC8OC(CO)C(O2)C(C)C8O)C(O)C7O)C(O)C6O)C(O)C5O)C(O)C4O)C(O)C3C)C1O. The molecule has 21 heterocycles. The van der Waals surface area contributed by atoms with Crippen LogP contribution in [-0.4, -0.2) is 329 Å². The third-order valence-corrected chi connectivity index (χ3v) is 16.4. The van der Waals surface area contributed by atoms with Crippen molar-refractivity contribution in [1.82, 2.24) is 0 Å². The summed E-state index contributed by atoms with van der Waals surface area (Å²) in [5, 5.41) is 200. The molecule has 0 aliphatic carbocycles. The highest BCUT2D eigenvalue weighted by molar-refractivity contribution is 5.01. The molecule has 31 heteroatoms. The van der Waals surface area contributed by atoms with Crippen LogP contribution in [0.2, 0.25) is 0 Å². The maximum atomic E-state index is 11.7. The molecule has 21 aliphatic rings. The fourth-order valence-corrected chi connectivity index (χ4v) is 11.6. The van der Waals surface area contributed by atoms with E-state index < -0.39 is 260 Å². The Kier molecular flexibility index (Phi) is 21.0. The van der Waals surface area contributed by atoms with Crippen LogP contribution in [0.5, 0.6) is 0 Å². The number of aliphatic hydroxyl groups excluding tert-OH is 18. The molecule has 35 atom stereocenters. The van der Waals surface area contributed by atoms with Crippen LogP contribution in [0.1, 0.15) is 27.2 Å². The highest BCUT2D eigenvalue weighted by atomic mass is 16.8. The van der Waals surface area contributed by atoms with E-state index in [9.17, 15) is 91.9 Å². The van der Waals surface area contributed by atoms with E-state index in [1.165, 1.54) is 13.8 Å². The summed E-state index contributed by atoms with van der Waals surface area (Å²) >= 11 is 0. The fraction of sp³-hybridized carbons (Fsp3) is 1.00. The van der Waals surface area contributed by atoms with Crippen molar-refractivity contribution in [2.45, 2.75) is 218 Å². The Bertz CT molecular complexity index is 1470. The van der Waals surface area contributed by atoms with E-state index in [1.807, 2.05) is 0 Å². The second kappa shape index (κ2) is 26.1. The number of hydrogen-bond acceptors (Lipinski definition) is 31. The molecular formula is C46H78O31. The summed E-state index contributed by atoms with van der Waals surface area (Å²) in [4.78, 5) is 0. The Morgan fingerprint density at radius 2 is 0.506 bits per heavy atom. The monoisotopic (exact) mass is 1130 g/mol. The van der Waals surface area contributed by atoms with Gasteiger partial charge in [-0.15, -0.1) is 0 Å². The Hall–Kier alpha value is -1.24. The molecule has 14 bridgehead atoms. The summed E-state index contributed by atoms with van der Waals surface area (Å²) in [6, 6.07) is 0. The van der Waals surface area contributed by atoms with E-state index in [4.69, 9.17) is 61.6 Å². The summed E-state index contributed by atoms with van der Waals surface area (Å²) in [7, 11) is 0. The van der Waals surface area contributed by atoms with Crippen LogP contribution in [0, 0.1) is 23.7 Å². The first kappa shape index (κ1) is 61.8. The Balaban J connectivity index is 1.08. The Morgan fingerprint density at radius 1 is 0.247 bits per heavy atom. The molecule has 0 amide bonds. The third kappa shape index (κ3) is 12.1.